The molecule has 0 spiro atoms. The lowest BCUT2D eigenvalue weighted by Gasteiger charge is -2.17. The van der Waals surface area contributed by atoms with Crippen molar-refractivity contribution in [1.82, 2.24) is 20.2 Å². The van der Waals surface area contributed by atoms with Crippen LogP contribution in [0.1, 0.15) is 35.3 Å². The molecule has 116 valence electrons. The van der Waals surface area contributed by atoms with Crippen LogP contribution < -0.4 is 0 Å². The molecule has 6 heteroatoms. The summed E-state index contributed by atoms with van der Waals surface area (Å²) in [5.41, 5.74) is 2.42. The second kappa shape index (κ2) is 6.34. The van der Waals surface area contributed by atoms with Gasteiger partial charge in [0.25, 0.3) is 0 Å². The van der Waals surface area contributed by atoms with Gasteiger partial charge in [0.2, 0.25) is 5.16 Å². The summed E-state index contributed by atoms with van der Waals surface area (Å²) in [4.78, 5) is 0. The Morgan fingerprint density at radius 3 is 2.39 bits per heavy atom. The summed E-state index contributed by atoms with van der Waals surface area (Å²) in [6.07, 6.45) is 2.32. The highest BCUT2D eigenvalue weighted by Gasteiger charge is 2.29. The molecule has 4 rings (SSSR count). The van der Waals surface area contributed by atoms with E-state index in [1.807, 2.05) is 22.9 Å². The number of aromatic nitrogens is 4. The molecule has 0 saturated heterocycles. The van der Waals surface area contributed by atoms with Crippen LogP contribution in [0.3, 0.4) is 0 Å². The zero-order chi connectivity index (χ0) is 15.6. The third-order valence-corrected chi connectivity index (χ3v) is 5.37. The molecule has 1 aliphatic rings. The predicted octanol–water partition coefficient (Wildman–Crippen LogP) is 4.54. The first-order chi connectivity index (χ1) is 11.3. The molecule has 0 amide bonds. The first kappa shape index (κ1) is 14.7. The molecule has 23 heavy (non-hydrogen) atoms. The molecule has 0 unspecified atom stereocenters. The number of tetrazole rings is 1. The van der Waals surface area contributed by atoms with Gasteiger partial charge in [-0.15, -0.1) is 5.10 Å². The number of halogens is 1. The molecule has 0 radical (unpaired) electrons. The Kier molecular flexibility index (Phi) is 4.06. The maximum atomic E-state index is 6.04. The highest BCUT2D eigenvalue weighted by Crippen LogP contribution is 2.43. The van der Waals surface area contributed by atoms with Crippen LogP contribution in [-0.4, -0.2) is 20.2 Å². The largest absolute Gasteiger partial charge is 0.217 e. The minimum absolute atomic E-state index is 0.136. The normalized spacial score (nSPS) is 15.5. The molecule has 1 fully saturated rings. The molecule has 0 bridgehead atoms. The van der Waals surface area contributed by atoms with Crippen LogP contribution in [0.2, 0.25) is 5.02 Å². The smallest absolute Gasteiger partial charge is 0.210 e. The highest BCUT2D eigenvalue weighted by atomic mass is 35.5. The van der Waals surface area contributed by atoms with E-state index in [0.717, 1.165) is 23.0 Å². The average Bonchev–Trinajstić information content (AvgIpc) is 3.33. The summed E-state index contributed by atoms with van der Waals surface area (Å²) in [7, 11) is 0. The summed E-state index contributed by atoms with van der Waals surface area (Å²) >= 11 is 7.72. The van der Waals surface area contributed by atoms with Crippen molar-refractivity contribution in [2.45, 2.75) is 29.3 Å². The Labute approximate surface area is 143 Å². The number of nitrogens with zero attached hydrogens (tertiary/aromatic N) is 4. The van der Waals surface area contributed by atoms with Crippen molar-refractivity contribution in [2.75, 3.05) is 0 Å². The van der Waals surface area contributed by atoms with E-state index in [1.54, 1.807) is 11.8 Å². The lowest BCUT2D eigenvalue weighted by atomic mass is 10.0. The van der Waals surface area contributed by atoms with Crippen LogP contribution in [0, 0.1) is 0 Å². The van der Waals surface area contributed by atoms with Gasteiger partial charge < -0.3 is 0 Å². The summed E-state index contributed by atoms with van der Waals surface area (Å²) in [6, 6.07) is 18.9. The fourth-order valence-corrected chi connectivity index (χ4v) is 3.81. The summed E-state index contributed by atoms with van der Waals surface area (Å²) in [5, 5.41) is 14.0. The molecule has 1 aliphatic carbocycles. The Morgan fingerprint density at radius 1 is 1.00 bits per heavy atom. The summed E-state index contributed by atoms with van der Waals surface area (Å²) in [5.74, 6) is 0. The highest BCUT2D eigenvalue weighted by molar-refractivity contribution is 7.99. The van der Waals surface area contributed by atoms with Gasteiger partial charge >= 0.3 is 0 Å². The molecule has 1 atom stereocenters. The van der Waals surface area contributed by atoms with E-state index < -0.39 is 0 Å². The van der Waals surface area contributed by atoms with Crippen molar-refractivity contribution in [3.8, 4) is 0 Å². The minimum Gasteiger partial charge on any atom is -0.217 e. The van der Waals surface area contributed by atoms with E-state index in [1.165, 1.54) is 11.1 Å². The number of thioether (sulfide) groups is 1. The Balaban J connectivity index is 1.70. The fraction of sp³-hybridized carbons (Fsp3) is 0.235. The maximum absolute atomic E-state index is 6.04. The van der Waals surface area contributed by atoms with Gasteiger partial charge in [-0.25, -0.2) is 4.68 Å². The predicted molar refractivity (Wildman–Crippen MR) is 91.7 cm³/mol. The topological polar surface area (TPSA) is 43.6 Å². The van der Waals surface area contributed by atoms with E-state index in [9.17, 15) is 0 Å². The fourth-order valence-electron chi connectivity index (χ4n) is 2.51. The first-order valence-corrected chi connectivity index (χ1v) is 8.82. The van der Waals surface area contributed by atoms with Crippen molar-refractivity contribution in [2.24, 2.45) is 0 Å². The van der Waals surface area contributed by atoms with Crippen LogP contribution >= 0.6 is 23.4 Å². The monoisotopic (exact) mass is 342 g/mol. The second-order valence-corrected chi connectivity index (χ2v) is 7.11. The van der Waals surface area contributed by atoms with Gasteiger partial charge in [0.1, 0.15) is 0 Å². The summed E-state index contributed by atoms with van der Waals surface area (Å²) in [6.45, 7) is 0. The minimum atomic E-state index is 0.136. The zero-order valence-corrected chi connectivity index (χ0v) is 13.9. The molecule has 4 nitrogen and oxygen atoms in total. The van der Waals surface area contributed by atoms with E-state index in [0.29, 0.717) is 6.04 Å². The standard InChI is InChI=1S/C17H15ClN4S/c18-14-8-6-13(7-9-14)16(12-4-2-1-3-5-12)23-17-19-20-21-22(17)15-10-11-15/h1-9,15-16H,10-11H2/t16-/m1/s1. The van der Waals surface area contributed by atoms with E-state index >= 15 is 0 Å². The molecule has 0 N–H and O–H groups in total. The molecule has 1 saturated carbocycles. The van der Waals surface area contributed by atoms with Crippen LogP contribution in [0.5, 0.6) is 0 Å². The lowest BCUT2D eigenvalue weighted by Crippen LogP contribution is -2.02. The molecular weight excluding hydrogens is 328 g/mol. The van der Waals surface area contributed by atoms with Crippen LogP contribution in [0.15, 0.2) is 59.8 Å². The first-order valence-electron chi connectivity index (χ1n) is 7.56. The van der Waals surface area contributed by atoms with Crippen LogP contribution in [0.25, 0.3) is 0 Å². The second-order valence-electron chi connectivity index (χ2n) is 5.60. The molecule has 2 aromatic carbocycles. The third kappa shape index (κ3) is 3.26. The van der Waals surface area contributed by atoms with Gasteiger partial charge in [0, 0.05) is 5.02 Å². The number of benzene rings is 2. The van der Waals surface area contributed by atoms with Crippen LogP contribution in [0.4, 0.5) is 0 Å². The van der Waals surface area contributed by atoms with Gasteiger partial charge in [-0.1, -0.05) is 65.8 Å². The van der Waals surface area contributed by atoms with E-state index in [-0.39, 0.29) is 5.25 Å². The van der Waals surface area contributed by atoms with E-state index in [2.05, 4.69) is 51.9 Å². The van der Waals surface area contributed by atoms with Crippen LogP contribution in [-0.2, 0) is 0 Å². The van der Waals surface area contributed by atoms with Crippen molar-refractivity contribution >= 4 is 23.4 Å². The van der Waals surface area contributed by atoms with Gasteiger partial charge in [0.05, 0.1) is 11.3 Å². The van der Waals surface area contributed by atoms with E-state index in [4.69, 9.17) is 11.6 Å². The summed E-state index contributed by atoms with van der Waals surface area (Å²) < 4.78 is 1.95. The Bertz CT molecular complexity index is 784. The molecule has 1 aromatic heterocycles. The molecule has 1 heterocycles. The van der Waals surface area contributed by atoms with Crippen molar-refractivity contribution in [1.29, 1.82) is 0 Å². The number of hydrogen-bond acceptors (Lipinski definition) is 4. The Morgan fingerprint density at radius 2 is 1.70 bits per heavy atom. The van der Waals surface area contributed by atoms with Crippen molar-refractivity contribution in [3.05, 3.63) is 70.7 Å². The van der Waals surface area contributed by atoms with Gasteiger partial charge in [-0.3, -0.25) is 0 Å². The maximum Gasteiger partial charge on any atom is 0.210 e. The molecule has 3 aromatic rings. The van der Waals surface area contributed by atoms with Gasteiger partial charge in [-0.05, 0) is 46.5 Å². The third-order valence-electron chi connectivity index (χ3n) is 3.85. The van der Waals surface area contributed by atoms with Gasteiger partial charge in [-0.2, -0.15) is 0 Å². The molecule has 0 aliphatic heterocycles. The van der Waals surface area contributed by atoms with Crippen molar-refractivity contribution in [3.63, 3.8) is 0 Å². The Hall–Kier alpha value is -1.85. The zero-order valence-electron chi connectivity index (χ0n) is 12.3. The molecular formula is C17H15ClN4S. The number of hydrogen-bond donors (Lipinski definition) is 0. The van der Waals surface area contributed by atoms with Crippen molar-refractivity contribution < 1.29 is 0 Å². The van der Waals surface area contributed by atoms with Gasteiger partial charge in [0.15, 0.2) is 0 Å². The number of rotatable bonds is 5. The SMILES string of the molecule is Clc1ccc([C@H](Sc2nnnn2C2CC2)c2ccccc2)cc1. The quantitative estimate of drug-likeness (QED) is 0.638. The average molecular weight is 343 g/mol. The lowest BCUT2D eigenvalue weighted by molar-refractivity contribution is 0.565.